The number of halogens is 1. The van der Waals surface area contributed by atoms with Gasteiger partial charge in [-0.1, -0.05) is 0 Å². The fourth-order valence-electron chi connectivity index (χ4n) is 1.80. The molecule has 0 bridgehead atoms. The van der Waals surface area contributed by atoms with E-state index in [1.165, 1.54) is 23.9 Å². The zero-order chi connectivity index (χ0) is 14.9. The topological polar surface area (TPSA) is 82.2 Å². The first kappa shape index (κ1) is 13.9. The molecule has 106 valence electrons. The number of aromatic nitrogens is 2. The molecule has 0 fully saturated rings. The lowest BCUT2D eigenvalue weighted by Crippen LogP contribution is -2.17. The van der Waals surface area contributed by atoms with Crippen LogP contribution in [0.2, 0.25) is 0 Å². The van der Waals surface area contributed by atoms with Crippen LogP contribution in [0.4, 0.5) is 15.9 Å². The quantitative estimate of drug-likeness (QED) is 0.895. The van der Waals surface area contributed by atoms with Crippen molar-refractivity contribution in [3.8, 4) is 5.75 Å². The van der Waals surface area contributed by atoms with Crippen LogP contribution in [0.3, 0.4) is 0 Å². The molecule has 0 saturated heterocycles. The predicted molar refractivity (Wildman–Crippen MR) is 73.3 cm³/mol. The molecule has 2 rings (SSSR count). The van der Waals surface area contributed by atoms with Gasteiger partial charge in [0, 0.05) is 13.1 Å². The molecule has 0 unspecified atom stereocenters. The number of carbonyl (C=O) groups excluding carboxylic acids is 1. The number of nitrogens with two attached hydrogens (primary N) is 1. The third-order valence-electron chi connectivity index (χ3n) is 2.92. The number of rotatable bonds is 3. The second kappa shape index (κ2) is 5.20. The maximum absolute atomic E-state index is 13.8. The van der Waals surface area contributed by atoms with Crippen LogP contribution >= 0.6 is 0 Å². The van der Waals surface area contributed by atoms with Crippen molar-refractivity contribution < 1.29 is 13.9 Å². The Hall–Kier alpha value is -2.57. The second-order valence-corrected chi connectivity index (χ2v) is 4.27. The molecule has 1 amide bonds. The van der Waals surface area contributed by atoms with Crippen molar-refractivity contribution in [2.45, 2.75) is 6.92 Å². The van der Waals surface area contributed by atoms with Gasteiger partial charge >= 0.3 is 0 Å². The first-order valence-electron chi connectivity index (χ1n) is 5.88. The first-order valence-corrected chi connectivity index (χ1v) is 5.88. The van der Waals surface area contributed by atoms with E-state index in [4.69, 9.17) is 10.5 Å². The van der Waals surface area contributed by atoms with Crippen molar-refractivity contribution in [3.63, 3.8) is 0 Å². The van der Waals surface area contributed by atoms with Gasteiger partial charge < -0.3 is 15.8 Å². The summed E-state index contributed by atoms with van der Waals surface area (Å²) >= 11 is 0. The van der Waals surface area contributed by atoms with Gasteiger partial charge in [0.2, 0.25) is 0 Å². The number of amides is 1. The summed E-state index contributed by atoms with van der Waals surface area (Å²) in [6, 6.07) is 4.01. The van der Waals surface area contributed by atoms with Crippen LogP contribution in [-0.2, 0) is 7.05 Å². The summed E-state index contributed by atoms with van der Waals surface area (Å²) in [6.07, 6.45) is 0. The number of carbonyl (C=O) groups is 1. The molecule has 1 aromatic carbocycles. The zero-order valence-corrected chi connectivity index (χ0v) is 11.4. The van der Waals surface area contributed by atoms with E-state index in [1.54, 1.807) is 14.0 Å². The number of anilines is 2. The van der Waals surface area contributed by atoms with Crippen LogP contribution in [-0.4, -0.2) is 22.8 Å². The molecular formula is C13H15FN4O2. The van der Waals surface area contributed by atoms with Gasteiger partial charge in [0.15, 0.2) is 5.82 Å². The fraction of sp³-hybridized carbons (Fsp3) is 0.231. The zero-order valence-electron chi connectivity index (χ0n) is 11.4. The average molecular weight is 278 g/mol. The summed E-state index contributed by atoms with van der Waals surface area (Å²) in [5, 5.41) is 6.62. The van der Waals surface area contributed by atoms with Crippen molar-refractivity contribution in [2.24, 2.45) is 7.05 Å². The van der Waals surface area contributed by atoms with Crippen LogP contribution in [0.1, 0.15) is 16.1 Å². The summed E-state index contributed by atoms with van der Waals surface area (Å²) in [5.74, 6) is -0.586. The standard InChI is InChI=1S/C13H15FN4O2/c1-7-11(15)12(18(2)17-7)16-13(19)9-5-4-8(20-3)6-10(9)14/h4-6H,15H2,1-3H3,(H,16,19). The number of ether oxygens (including phenoxy) is 1. The van der Waals surface area contributed by atoms with Crippen LogP contribution in [0, 0.1) is 12.7 Å². The Balaban J connectivity index is 2.28. The molecule has 0 spiro atoms. The smallest absolute Gasteiger partial charge is 0.259 e. The van der Waals surface area contributed by atoms with Crippen molar-refractivity contribution in [1.82, 2.24) is 9.78 Å². The van der Waals surface area contributed by atoms with E-state index in [0.29, 0.717) is 22.9 Å². The molecule has 0 atom stereocenters. The largest absolute Gasteiger partial charge is 0.497 e. The minimum Gasteiger partial charge on any atom is -0.497 e. The highest BCUT2D eigenvalue weighted by Gasteiger charge is 2.17. The Morgan fingerprint density at radius 2 is 2.20 bits per heavy atom. The fourth-order valence-corrected chi connectivity index (χ4v) is 1.80. The molecular weight excluding hydrogens is 263 g/mol. The van der Waals surface area contributed by atoms with Gasteiger partial charge in [0.1, 0.15) is 11.6 Å². The number of methoxy groups -OCH3 is 1. The van der Waals surface area contributed by atoms with E-state index in [-0.39, 0.29) is 5.56 Å². The lowest BCUT2D eigenvalue weighted by Gasteiger charge is -2.08. The van der Waals surface area contributed by atoms with Crippen molar-refractivity contribution >= 4 is 17.4 Å². The number of nitrogen functional groups attached to an aromatic ring is 1. The van der Waals surface area contributed by atoms with Crippen molar-refractivity contribution in [1.29, 1.82) is 0 Å². The number of hydrogen-bond donors (Lipinski definition) is 2. The number of nitrogens with zero attached hydrogens (tertiary/aromatic N) is 2. The molecule has 0 saturated carbocycles. The van der Waals surface area contributed by atoms with Crippen LogP contribution in [0.15, 0.2) is 18.2 Å². The minimum atomic E-state index is -0.667. The predicted octanol–water partition coefficient (Wildman–Crippen LogP) is 1.71. The van der Waals surface area contributed by atoms with Crippen molar-refractivity contribution in [2.75, 3.05) is 18.2 Å². The first-order chi connectivity index (χ1) is 9.43. The third-order valence-corrected chi connectivity index (χ3v) is 2.92. The summed E-state index contributed by atoms with van der Waals surface area (Å²) in [6.45, 7) is 1.72. The third kappa shape index (κ3) is 2.42. The summed E-state index contributed by atoms with van der Waals surface area (Å²) in [7, 11) is 3.07. The Morgan fingerprint density at radius 1 is 1.50 bits per heavy atom. The Morgan fingerprint density at radius 3 is 2.70 bits per heavy atom. The number of aryl methyl sites for hydroxylation is 2. The monoisotopic (exact) mass is 278 g/mol. The Labute approximate surface area is 115 Å². The van der Waals surface area contributed by atoms with Crippen molar-refractivity contribution in [3.05, 3.63) is 35.3 Å². The van der Waals surface area contributed by atoms with E-state index < -0.39 is 11.7 Å². The summed E-state index contributed by atoms with van der Waals surface area (Å²) in [5.41, 5.74) is 6.66. The second-order valence-electron chi connectivity index (χ2n) is 4.27. The normalized spacial score (nSPS) is 10.4. The highest BCUT2D eigenvalue weighted by atomic mass is 19.1. The van der Waals surface area contributed by atoms with E-state index in [1.807, 2.05) is 0 Å². The molecule has 7 heteroatoms. The van der Waals surface area contributed by atoms with Gasteiger partial charge in [-0.2, -0.15) is 5.10 Å². The molecule has 20 heavy (non-hydrogen) atoms. The van der Waals surface area contributed by atoms with Gasteiger partial charge in [0.25, 0.3) is 5.91 Å². The van der Waals surface area contributed by atoms with Crippen LogP contribution in [0.5, 0.6) is 5.75 Å². The molecule has 3 N–H and O–H groups in total. The molecule has 0 radical (unpaired) electrons. The van der Waals surface area contributed by atoms with E-state index >= 15 is 0 Å². The van der Waals surface area contributed by atoms with Gasteiger partial charge in [-0.15, -0.1) is 0 Å². The highest BCUT2D eigenvalue weighted by molar-refractivity contribution is 6.05. The Bertz CT molecular complexity index is 667. The molecule has 1 aromatic heterocycles. The summed E-state index contributed by atoms with van der Waals surface area (Å²) < 4.78 is 20.1. The molecule has 0 aliphatic heterocycles. The lowest BCUT2D eigenvalue weighted by atomic mass is 10.2. The maximum Gasteiger partial charge on any atom is 0.259 e. The molecule has 1 heterocycles. The maximum atomic E-state index is 13.8. The van der Waals surface area contributed by atoms with Crippen LogP contribution in [0.25, 0.3) is 0 Å². The van der Waals surface area contributed by atoms with Gasteiger partial charge in [-0.05, 0) is 19.1 Å². The Kier molecular flexibility index (Phi) is 3.60. The molecule has 6 nitrogen and oxygen atoms in total. The van der Waals surface area contributed by atoms with Gasteiger partial charge in [-0.3, -0.25) is 9.48 Å². The molecule has 2 aromatic rings. The van der Waals surface area contributed by atoms with E-state index in [9.17, 15) is 9.18 Å². The summed E-state index contributed by atoms with van der Waals surface area (Å²) in [4.78, 5) is 12.1. The SMILES string of the molecule is COc1ccc(C(=O)Nc2c(N)c(C)nn2C)c(F)c1. The number of hydrogen-bond acceptors (Lipinski definition) is 4. The average Bonchev–Trinajstić information content (AvgIpc) is 2.65. The molecule has 0 aliphatic carbocycles. The van der Waals surface area contributed by atoms with E-state index in [2.05, 4.69) is 10.4 Å². The highest BCUT2D eigenvalue weighted by Crippen LogP contribution is 2.23. The number of benzene rings is 1. The minimum absolute atomic E-state index is 0.0935. The van der Waals surface area contributed by atoms with Gasteiger partial charge in [0.05, 0.1) is 24.1 Å². The lowest BCUT2D eigenvalue weighted by molar-refractivity contribution is 0.102. The number of nitrogens with one attached hydrogen (secondary N) is 1. The van der Waals surface area contributed by atoms with E-state index in [0.717, 1.165) is 6.07 Å². The molecule has 0 aliphatic rings. The van der Waals surface area contributed by atoms with Crippen LogP contribution < -0.4 is 15.8 Å². The van der Waals surface area contributed by atoms with Gasteiger partial charge in [-0.25, -0.2) is 4.39 Å².